The number of aromatic nitrogens is 3. The molecular formula is C10H6ClN3O. The molecule has 15 heavy (non-hydrogen) atoms. The molecule has 0 bridgehead atoms. The first-order valence-corrected chi connectivity index (χ1v) is 4.78. The van der Waals surface area contributed by atoms with Gasteiger partial charge in [-0.1, -0.05) is 17.7 Å². The first-order chi connectivity index (χ1) is 7.25. The molecule has 2 heterocycles. The number of halogens is 1. The van der Waals surface area contributed by atoms with Gasteiger partial charge in [0.1, 0.15) is 0 Å². The summed E-state index contributed by atoms with van der Waals surface area (Å²) in [7, 11) is 0. The van der Waals surface area contributed by atoms with E-state index in [2.05, 4.69) is 10.2 Å². The molecule has 0 fully saturated rings. The van der Waals surface area contributed by atoms with Crippen molar-refractivity contribution in [2.75, 3.05) is 0 Å². The highest BCUT2D eigenvalue weighted by molar-refractivity contribution is 6.31. The van der Waals surface area contributed by atoms with Gasteiger partial charge in [-0.05, 0) is 23.6 Å². The van der Waals surface area contributed by atoms with E-state index in [1.54, 1.807) is 12.3 Å². The third kappa shape index (κ3) is 1.15. The molecule has 3 rings (SSSR count). The lowest BCUT2D eigenvalue weighted by atomic mass is 10.2. The van der Waals surface area contributed by atoms with Crippen LogP contribution in [0.5, 0.6) is 0 Å². The molecule has 0 aliphatic carbocycles. The van der Waals surface area contributed by atoms with Crippen molar-refractivity contribution in [3.63, 3.8) is 0 Å². The Labute approximate surface area is 89.1 Å². The third-order valence-corrected chi connectivity index (χ3v) is 2.60. The maximum absolute atomic E-state index is 11.3. The molecule has 0 saturated heterocycles. The Morgan fingerprint density at radius 1 is 1.33 bits per heavy atom. The first-order valence-electron chi connectivity index (χ1n) is 4.41. The summed E-state index contributed by atoms with van der Waals surface area (Å²) < 4.78 is 1.46. The van der Waals surface area contributed by atoms with Crippen LogP contribution in [0.1, 0.15) is 0 Å². The van der Waals surface area contributed by atoms with Gasteiger partial charge in [0.15, 0.2) is 5.65 Å². The van der Waals surface area contributed by atoms with Crippen molar-refractivity contribution in [3.05, 3.63) is 46.0 Å². The fourth-order valence-electron chi connectivity index (χ4n) is 1.66. The normalized spacial score (nSPS) is 11.3. The summed E-state index contributed by atoms with van der Waals surface area (Å²) >= 11 is 5.90. The minimum absolute atomic E-state index is 0.244. The van der Waals surface area contributed by atoms with Crippen LogP contribution >= 0.6 is 11.6 Å². The highest BCUT2D eigenvalue weighted by atomic mass is 35.5. The second kappa shape index (κ2) is 2.84. The van der Waals surface area contributed by atoms with Crippen molar-refractivity contribution < 1.29 is 0 Å². The number of nitrogens with zero attached hydrogens (tertiary/aromatic N) is 2. The number of fused-ring (bicyclic) bond motifs is 3. The second-order valence-corrected chi connectivity index (χ2v) is 3.71. The van der Waals surface area contributed by atoms with Crippen molar-refractivity contribution in [3.8, 4) is 0 Å². The Hall–Kier alpha value is -1.81. The average molecular weight is 220 g/mol. The Balaban J connectivity index is 2.63. The van der Waals surface area contributed by atoms with E-state index in [-0.39, 0.29) is 5.69 Å². The van der Waals surface area contributed by atoms with E-state index in [0.29, 0.717) is 10.7 Å². The monoisotopic (exact) mass is 219 g/mol. The standard InChI is InChI=1S/C10H6ClN3O/c11-7-2-1-6-3-4-14-9(8(6)5-7)12-13-10(14)15/h1-5H,(H,13,15). The number of H-pyrrole nitrogens is 1. The zero-order valence-corrected chi connectivity index (χ0v) is 8.32. The number of pyridine rings is 1. The molecule has 0 amide bonds. The fraction of sp³-hybridized carbons (Fsp3) is 0. The van der Waals surface area contributed by atoms with E-state index in [9.17, 15) is 4.79 Å². The molecule has 0 aliphatic rings. The van der Waals surface area contributed by atoms with Crippen molar-refractivity contribution >= 4 is 28.0 Å². The molecule has 1 aromatic carbocycles. The summed E-state index contributed by atoms with van der Waals surface area (Å²) in [4.78, 5) is 11.3. The molecule has 0 unspecified atom stereocenters. The number of rotatable bonds is 0. The van der Waals surface area contributed by atoms with Crippen LogP contribution in [0.15, 0.2) is 35.3 Å². The zero-order chi connectivity index (χ0) is 10.4. The molecule has 4 nitrogen and oxygen atoms in total. The van der Waals surface area contributed by atoms with E-state index in [4.69, 9.17) is 11.6 Å². The van der Waals surface area contributed by atoms with Crippen LogP contribution in [0.3, 0.4) is 0 Å². The SMILES string of the molecule is O=c1[nH]nc2c3cc(Cl)ccc3ccn12. The quantitative estimate of drug-likeness (QED) is 0.627. The lowest BCUT2D eigenvalue weighted by molar-refractivity contribution is 1.02. The Bertz CT molecular complexity index is 713. The van der Waals surface area contributed by atoms with Crippen LogP contribution in [0, 0.1) is 0 Å². The van der Waals surface area contributed by atoms with Gasteiger partial charge in [-0.25, -0.2) is 14.3 Å². The molecular weight excluding hydrogens is 214 g/mol. The largest absolute Gasteiger partial charge is 0.347 e. The molecule has 1 N–H and O–H groups in total. The molecule has 74 valence electrons. The van der Waals surface area contributed by atoms with Crippen LogP contribution in [0.25, 0.3) is 16.4 Å². The molecule has 3 aromatic rings. The van der Waals surface area contributed by atoms with Crippen molar-refractivity contribution in [1.82, 2.24) is 14.6 Å². The highest BCUT2D eigenvalue weighted by Gasteiger charge is 2.04. The minimum Gasteiger partial charge on any atom is -0.250 e. The smallest absolute Gasteiger partial charge is 0.250 e. The molecule has 0 atom stereocenters. The average Bonchev–Trinajstić information content (AvgIpc) is 2.61. The summed E-state index contributed by atoms with van der Waals surface area (Å²) in [6.07, 6.45) is 1.69. The first kappa shape index (κ1) is 8.49. The number of aromatic amines is 1. The van der Waals surface area contributed by atoms with Gasteiger partial charge in [0.2, 0.25) is 0 Å². The maximum atomic E-state index is 11.3. The predicted molar refractivity (Wildman–Crippen MR) is 58.3 cm³/mol. The van der Waals surface area contributed by atoms with Gasteiger partial charge in [-0.2, -0.15) is 5.10 Å². The van der Waals surface area contributed by atoms with E-state index in [1.807, 2.05) is 18.2 Å². The molecule has 0 spiro atoms. The lowest BCUT2D eigenvalue weighted by Gasteiger charge is -1.99. The molecule has 5 heteroatoms. The molecule has 0 aliphatic heterocycles. The fourth-order valence-corrected chi connectivity index (χ4v) is 1.83. The zero-order valence-electron chi connectivity index (χ0n) is 7.57. The number of hydrogen-bond acceptors (Lipinski definition) is 2. The van der Waals surface area contributed by atoms with E-state index < -0.39 is 0 Å². The Kier molecular flexibility index (Phi) is 1.61. The number of nitrogens with one attached hydrogen (secondary N) is 1. The molecule has 0 saturated carbocycles. The van der Waals surface area contributed by atoms with Crippen LogP contribution in [0.4, 0.5) is 0 Å². The van der Waals surface area contributed by atoms with Gasteiger partial charge in [0.05, 0.1) is 0 Å². The van der Waals surface area contributed by atoms with Gasteiger partial charge in [-0.15, -0.1) is 0 Å². The summed E-state index contributed by atoms with van der Waals surface area (Å²) in [5.41, 5.74) is 0.354. The van der Waals surface area contributed by atoms with E-state index in [0.717, 1.165) is 10.8 Å². The van der Waals surface area contributed by atoms with E-state index in [1.165, 1.54) is 4.40 Å². The van der Waals surface area contributed by atoms with Crippen LogP contribution in [-0.2, 0) is 0 Å². The number of benzene rings is 1. The molecule has 2 aromatic heterocycles. The summed E-state index contributed by atoms with van der Waals surface area (Å²) in [5.74, 6) is 0. The summed E-state index contributed by atoms with van der Waals surface area (Å²) in [6, 6.07) is 7.37. The van der Waals surface area contributed by atoms with E-state index >= 15 is 0 Å². The van der Waals surface area contributed by atoms with Crippen LogP contribution in [-0.4, -0.2) is 14.6 Å². The minimum atomic E-state index is -0.244. The second-order valence-electron chi connectivity index (χ2n) is 3.27. The summed E-state index contributed by atoms with van der Waals surface area (Å²) in [5, 5.41) is 8.86. The maximum Gasteiger partial charge on any atom is 0.347 e. The predicted octanol–water partition coefficient (Wildman–Crippen LogP) is 1.83. The third-order valence-electron chi connectivity index (χ3n) is 2.36. The Morgan fingerprint density at radius 2 is 2.20 bits per heavy atom. The number of hydrogen-bond donors (Lipinski definition) is 1. The summed E-state index contributed by atoms with van der Waals surface area (Å²) in [6.45, 7) is 0. The highest BCUT2D eigenvalue weighted by Crippen LogP contribution is 2.21. The molecule has 0 radical (unpaired) electrons. The van der Waals surface area contributed by atoms with Crippen LogP contribution < -0.4 is 5.69 Å². The topological polar surface area (TPSA) is 50.2 Å². The van der Waals surface area contributed by atoms with Crippen molar-refractivity contribution in [2.24, 2.45) is 0 Å². The van der Waals surface area contributed by atoms with Crippen LogP contribution in [0.2, 0.25) is 5.02 Å². The van der Waals surface area contributed by atoms with Gasteiger partial charge >= 0.3 is 5.69 Å². The van der Waals surface area contributed by atoms with Crippen molar-refractivity contribution in [1.29, 1.82) is 0 Å². The van der Waals surface area contributed by atoms with Gasteiger partial charge < -0.3 is 0 Å². The van der Waals surface area contributed by atoms with Gasteiger partial charge in [0, 0.05) is 16.6 Å². The lowest BCUT2D eigenvalue weighted by Crippen LogP contribution is -2.08. The van der Waals surface area contributed by atoms with Crippen molar-refractivity contribution in [2.45, 2.75) is 0 Å². The van der Waals surface area contributed by atoms with Gasteiger partial charge in [0.25, 0.3) is 0 Å². The van der Waals surface area contributed by atoms with Gasteiger partial charge in [-0.3, -0.25) is 0 Å². The Morgan fingerprint density at radius 3 is 3.07 bits per heavy atom.